The van der Waals surface area contributed by atoms with Crippen LogP contribution in [0, 0.1) is 5.92 Å². The van der Waals surface area contributed by atoms with Crippen LogP contribution in [-0.4, -0.2) is 55.1 Å². The molecule has 24 heavy (non-hydrogen) atoms. The fourth-order valence-electron chi connectivity index (χ4n) is 4.03. The van der Waals surface area contributed by atoms with Crippen LogP contribution in [0.25, 0.3) is 11.0 Å². The monoisotopic (exact) mass is 328 g/mol. The van der Waals surface area contributed by atoms with Crippen molar-refractivity contribution in [1.82, 2.24) is 15.2 Å². The molecule has 3 saturated heterocycles. The maximum absolute atomic E-state index is 12.7. The summed E-state index contributed by atoms with van der Waals surface area (Å²) in [6.45, 7) is 4.52. The van der Waals surface area contributed by atoms with Gasteiger partial charge in [0.05, 0.1) is 0 Å². The number of nitrogens with one attached hydrogen (secondary N) is 1. The lowest BCUT2D eigenvalue weighted by molar-refractivity contribution is 0.0216. The number of fused-ring (bicyclic) bond motifs is 4. The highest BCUT2D eigenvalue weighted by molar-refractivity contribution is 5.95. The molecule has 1 N–H and O–H groups in total. The van der Waals surface area contributed by atoms with Gasteiger partial charge < -0.3 is 14.6 Å². The number of nitrogens with zero attached hydrogens (tertiary/aromatic N) is 3. The molecule has 3 fully saturated rings. The van der Waals surface area contributed by atoms with E-state index in [0.717, 1.165) is 24.4 Å². The molecule has 5 rings (SSSR count). The van der Waals surface area contributed by atoms with Gasteiger partial charge in [-0.25, -0.2) is 0 Å². The molecule has 5 heterocycles. The van der Waals surface area contributed by atoms with Gasteiger partial charge in [-0.2, -0.15) is 0 Å². The highest BCUT2D eigenvalue weighted by Gasteiger charge is 2.40. The van der Waals surface area contributed by atoms with Crippen LogP contribution >= 0.6 is 0 Å². The maximum Gasteiger partial charge on any atom is 0.270 e. The molecule has 0 radical (unpaired) electrons. The second kappa shape index (κ2) is 5.77. The molecule has 2 aromatic rings. The number of hydrogen-bond acceptors (Lipinski definition) is 5. The zero-order valence-corrected chi connectivity index (χ0v) is 14.5. The molecule has 0 saturated carbocycles. The summed E-state index contributed by atoms with van der Waals surface area (Å²) < 4.78 is 5.78. The fourth-order valence-corrected chi connectivity index (χ4v) is 4.03. The van der Waals surface area contributed by atoms with Crippen LogP contribution in [0.3, 0.4) is 0 Å². The van der Waals surface area contributed by atoms with Gasteiger partial charge in [-0.15, -0.1) is 0 Å². The van der Waals surface area contributed by atoms with Crippen LogP contribution < -0.4 is 10.2 Å². The van der Waals surface area contributed by atoms with Gasteiger partial charge in [0.2, 0.25) is 0 Å². The van der Waals surface area contributed by atoms with Gasteiger partial charge in [0, 0.05) is 49.9 Å². The van der Waals surface area contributed by atoms with Crippen molar-refractivity contribution in [2.24, 2.45) is 5.92 Å². The molecule has 2 atom stereocenters. The van der Waals surface area contributed by atoms with Gasteiger partial charge in [0.1, 0.15) is 11.3 Å². The molecule has 2 aromatic heterocycles. The van der Waals surface area contributed by atoms with Gasteiger partial charge in [0.15, 0.2) is 5.88 Å². The van der Waals surface area contributed by atoms with Crippen molar-refractivity contribution in [3.63, 3.8) is 0 Å². The Balaban J connectivity index is 1.55. The Kier molecular flexibility index (Phi) is 3.72. The minimum absolute atomic E-state index is 0.106. The van der Waals surface area contributed by atoms with Crippen LogP contribution in [0.1, 0.15) is 30.3 Å². The summed E-state index contributed by atoms with van der Waals surface area (Å²) >= 11 is 0. The van der Waals surface area contributed by atoms with E-state index in [2.05, 4.69) is 22.1 Å². The standard InChI is InChI=1S/C18H24N4O2/c1-11-17(12-4-6-22(11)7-5-12)20-18(23)14-9-15-13(10-19-14)8-16(24-15)21(2)3/h8-12,17H,4-7H2,1-3H3,(H,20,23). The van der Waals surface area contributed by atoms with Crippen molar-refractivity contribution >= 4 is 22.8 Å². The second-order valence-corrected chi connectivity index (χ2v) is 7.20. The van der Waals surface area contributed by atoms with Gasteiger partial charge in [-0.1, -0.05) is 0 Å². The van der Waals surface area contributed by atoms with Gasteiger partial charge >= 0.3 is 0 Å². The SMILES string of the molecule is CC1C(NC(=O)c2cc3oc(N(C)C)cc3cn2)C2CCN1CC2. The van der Waals surface area contributed by atoms with Crippen molar-refractivity contribution in [3.8, 4) is 0 Å². The van der Waals surface area contributed by atoms with Crippen LogP contribution in [-0.2, 0) is 0 Å². The van der Waals surface area contributed by atoms with Crippen molar-refractivity contribution in [2.45, 2.75) is 31.8 Å². The average Bonchev–Trinajstić information content (AvgIpc) is 3.02. The molecule has 2 unspecified atom stereocenters. The number of hydrogen-bond donors (Lipinski definition) is 1. The minimum atomic E-state index is -0.106. The number of carbonyl (C=O) groups is 1. The van der Waals surface area contributed by atoms with Crippen molar-refractivity contribution in [1.29, 1.82) is 0 Å². The first-order chi connectivity index (χ1) is 11.5. The van der Waals surface area contributed by atoms with Crippen LogP contribution in [0.15, 0.2) is 22.7 Å². The van der Waals surface area contributed by atoms with Crippen LogP contribution in [0.2, 0.25) is 0 Å². The average molecular weight is 328 g/mol. The Morgan fingerprint density at radius 1 is 1.33 bits per heavy atom. The third-order valence-electron chi connectivity index (χ3n) is 5.54. The topological polar surface area (TPSA) is 61.6 Å². The van der Waals surface area contributed by atoms with E-state index in [4.69, 9.17) is 4.42 Å². The van der Waals surface area contributed by atoms with Crippen molar-refractivity contribution in [2.75, 3.05) is 32.1 Å². The largest absolute Gasteiger partial charge is 0.440 e. The van der Waals surface area contributed by atoms with Gasteiger partial charge in [0.25, 0.3) is 5.91 Å². The molecule has 0 aromatic carbocycles. The van der Waals surface area contributed by atoms with Gasteiger partial charge in [-0.3, -0.25) is 14.7 Å². The predicted octanol–water partition coefficient (Wildman–Crippen LogP) is 2.11. The highest BCUT2D eigenvalue weighted by atomic mass is 16.4. The van der Waals surface area contributed by atoms with E-state index in [0.29, 0.717) is 23.2 Å². The van der Waals surface area contributed by atoms with Gasteiger partial charge in [-0.05, 0) is 38.8 Å². The molecule has 3 aliphatic heterocycles. The second-order valence-electron chi connectivity index (χ2n) is 7.20. The fraction of sp³-hybridized carbons (Fsp3) is 0.556. The lowest BCUT2D eigenvalue weighted by Crippen LogP contribution is -2.62. The third-order valence-corrected chi connectivity index (χ3v) is 5.54. The molecular weight excluding hydrogens is 304 g/mol. The summed E-state index contributed by atoms with van der Waals surface area (Å²) in [5, 5.41) is 4.12. The quantitative estimate of drug-likeness (QED) is 0.935. The number of aromatic nitrogens is 1. The van der Waals surface area contributed by atoms with E-state index >= 15 is 0 Å². The van der Waals surface area contributed by atoms with E-state index in [9.17, 15) is 4.79 Å². The smallest absolute Gasteiger partial charge is 0.270 e. The Labute approximate surface area is 141 Å². The molecule has 1 amide bonds. The third kappa shape index (κ3) is 2.55. The highest BCUT2D eigenvalue weighted by Crippen LogP contribution is 2.32. The number of furan rings is 1. The molecule has 0 spiro atoms. The number of anilines is 1. The molecule has 128 valence electrons. The zero-order chi connectivity index (χ0) is 16.8. The molecule has 0 aliphatic carbocycles. The minimum Gasteiger partial charge on any atom is -0.440 e. The zero-order valence-electron chi connectivity index (χ0n) is 14.5. The summed E-state index contributed by atoms with van der Waals surface area (Å²) in [6.07, 6.45) is 4.05. The maximum atomic E-state index is 12.7. The van der Waals surface area contributed by atoms with E-state index in [1.54, 1.807) is 12.3 Å². The lowest BCUT2D eigenvalue weighted by atomic mass is 9.79. The normalized spacial score (nSPS) is 29.0. The van der Waals surface area contributed by atoms with E-state index in [1.165, 1.54) is 12.8 Å². The Morgan fingerprint density at radius 2 is 2.08 bits per heavy atom. The summed E-state index contributed by atoms with van der Waals surface area (Å²) in [5.74, 6) is 1.24. The number of amides is 1. The lowest BCUT2D eigenvalue weighted by Gasteiger charge is -2.49. The van der Waals surface area contributed by atoms with E-state index in [1.807, 2.05) is 25.1 Å². The van der Waals surface area contributed by atoms with Crippen LogP contribution in [0.5, 0.6) is 0 Å². The summed E-state index contributed by atoms with van der Waals surface area (Å²) in [6, 6.07) is 4.28. The number of pyridine rings is 1. The van der Waals surface area contributed by atoms with E-state index in [-0.39, 0.29) is 11.9 Å². The number of carbonyl (C=O) groups excluding carboxylic acids is 1. The Morgan fingerprint density at radius 3 is 2.75 bits per heavy atom. The molecule has 6 nitrogen and oxygen atoms in total. The molecule has 6 heteroatoms. The van der Waals surface area contributed by atoms with E-state index < -0.39 is 0 Å². The summed E-state index contributed by atoms with van der Waals surface area (Å²) in [5.41, 5.74) is 1.12. The number of rotatable bonds is 3. The van der Waals surface area contributed by atoms with Crippen LogP contribution in [0.4, 0.5) is 5.88 Å². The van der Waals surface area contributed by atoms with Crippen molar-refractivity contribution in [3.05, 3.63) is 24.0 Å². The Hall–Kier alpha value is -2.08. The molecule has 3 aliphatic rings. The number of piperidine rings is 3. The molecule has 2 bridgehead atoms. The first kappa shape index (κ1) is 15.4. The first-order valence-electron chi connectivity index (χ1n) is 8.65. The first-order valence-corrected chi connectivity index (χ1v) is 8.65. The van der Waals surface area contributed by atoms with Crippen molar-refractivity contribution < 1.29 is 9.21 Å². The Bertz CT molecular complexity index is 759. The summed E-state index contributed by atoms with van der Waals surface area (Å²) in [4.78, 5) is 21.4. The summed E-state index contributed by atoms with van der Waals surface area (Å²) in [7, 11) is 3.85. The molecular formula is C18H24N4O2. The predicted molar refractivity (Wildman–Crippen MR) is 93.3 cm³/mol.